The van der Waals surface area contributed by atoms with Gasteiger partial charge in [-0.2, -0.15) is 0 Å². The number of ether oxygens (including phenoxy) is 1. The topological polar surface area (TPSA) is 81.7 Å². The van der Waals surface area contributed by atoms with Crippen LogP contribution in [0, 0.1) is 6.92 Å². The minimum absolute atomic E-state index is 0.222. The van der Waals surface area contributed by atoms with Crippen LogP contribution in [0.25, 0.3) is 16.9 Å². The Kier molecular flexibility index (Phi) is 9.48. The van der Waals surface area contributed by atoms with Crippen LogP contribution in [-0.4, -0.2) is 35.0 Å². The van der Waals surface area contributed by atoms with E-state index in [2.05, 4.69) is 70.1 Å². The first kappa shape index (κ1) is 23.9. The van der Waals surface area contributed by atoms with Crippen molar-refractivity contribution in [3.8, 4) is 16.9 Å². The van der Waals surface area contributed by atoms with Crippen molar-refractivity contribution >= 4 is 23.7 Å². The molecular weight excluding hydrogens is 430 g/mol. The van der Waals surface area contributed by atoms with Gasteiger partial charge in [0.1, 0.15) is 0 Å². The molecule has 3 aromatic rings. The lowest BCUT2D eigenvalue weighted by Gasteiger charge is -2.15. The smallest absolute Gasteiger partial charge is 0.0660 e. The molecule has 1 heterocycles. The van der Waals surface area contributed by atoms with Gasteiger partial charge in [0.15, 0.2) is 0 Å². The summed E-state index contributed by atoms with van der Waals surface area (Å²) in [4.78, 5) is 7.36. The molecule has 0 saturated carbocycles. The summed E-state index contributed by atoms with van der Waals surface area (Å²) in [5.41, 5.74) is 12.1. The Morgan fingerprint density at radius 1 is 1.13 bits per heavy atom. The second kappa shape index (κ2) is 12.3. The first-order valence-corrected chi connectivity index (χ1v) is 12.3. The normalized spacial score (nSPS) is 12.3. The summed E-state index contributed by atoms with van der Waals surface area (Å²) in [5, 5.41) is 8.23. The monoisotopic (exact) mass is 459 g/mol. The highest BCUT2D eigenvalue weighted by molar-refractivity contribution is 7.98. The van der Waals surface area contributed by atoms with Gasteiger partial charge in [0, 0.05) is 28.6 Å². The maximum atomic E-state index is 8.23. The van der Waals surface area contributed by atoms with Crippen molar-refractivity contribution in [1.29, 1.82) is 0 Å². The minimum Gasteiger partial charge on any atom is -0.379 e. The van der Waals surface area contributed by atoms with Gasteiger partial charge in [-0.05, 0) is 61.1 Å². The van der Waals surface area contributed by atoms with Gasteiger partial charge in [-0.25, -0.2) is 5.26 Å². The maximum absolute atomic E-state index is 8.23. The first-order valence-electron chi connectivity index (χ1n) is 10.1. The zero-order valence-corrected chi connectivity index (χ0v) is 19.4. The van der Waals surface area contributed by atoms with Crippen molar-refractivity contribution in [2.24, 2.45) is 5.73 Å². The average Bonchev–Trinajstić information content (AvgIpc) is 3.16. The van der Waals surface area contributed by atoms with E-state index in [1.165, 1.54) is 16.8 Å². The summed E-state index contributed by atoms with van der Waals surface area (Å²) in [6.07, 6.45) is 2.91. The molecule has 4 N–H and O–H groups in total. The van der Waals surface area contributed by atoms with E-state index in [0.717, 1.165) is 40.4 Å². The fourth-order valence-corrected chi connectivity index (χ4v) is 4.29. The number of rotatable bonds is 12. The van der Waals surface area contributed by atoms with Gasteiger partial charge < -0.3 is 15.0 Å². The number of benzene rings is 2. The van der Waals surface area contributed by atoms with E-state index in [9.17, 15) is 0 Å². The van der Waals surface area contributed by atoms with Crippen LogP contribution < -0.4 is 10.6 Å². The summed E-state index contributed by atoms with van der Waals surface area (Å²) in [5.74, 6) is 0.759. The van der Waals surface area contributed by atoms with E-state index in [-0.39, 0.29) is 6.04 Å². The number of nitrogens with two attached hydrogens (primary N) is 1. The van der Waals surface area contributed by atoms with Gasteiger partial charge in [-0.1, -0.05) is 42.3 Å². The fraction of sp³-hybridized carbons (Fsp3) is 0.304. The van der Waals surface area contributed by atoms with Crippen LogP contribution in [0.2, 0.25) is 0 Å². The average molecular weight is 460 g/mol. The SMILES string of the molecule is CSc1ccc(-c2cc(C(N)COCCCSNOO)c(C)n2-c2ccccc2)cc1. The molecular formula is C23H29N3O3S2. The second-order valence-corrected chi connectivity index (χ2v) is 8.77. The molecule has 0 amide bonds. The van der Waals surface area contributed by atoms with Gasteiger partial charge in [-0.3, -0.25) is 0 Å². The Hall–Kier alpha value is -1.78. The van der Waals surface area contributed by atoms with Crippen molar-refractivity contribution < 1.29 is 15.0 Å². The molecule has 166 valence electrons. The van der Waals surface area contributed by atoms with Crippen LogP contribution in [-0.2, 0) is 9.73 Å². The molecule has 1 unspecified atom stereocenters. The summed E-state index contributed by atoms with van der Waals surface area (Å²) in [6.45, 7) is 3.15. The van der Waals surface area contributed by atoms with Crippen molar-refractivity contribution in [2.75, 3.05) is 25.2 Å². The highest BCUT2D eigenvalue weighted by Crippen LogP contribution is 2.32. The van der Waals surface area contributed by atoms with Crippen LogP contribution in [0.4, 0.5) is 0 Å². The predicted octanol–water partition coefficient (Wildman–Crippen LogP) is 5.22. The third-order valence-electron chi connectivity index (χ3n) is 5.01. The Morgan fingerprint density at radius 3 is 2.55 bits per heavy atom. The summed E-state index contributed by atoms with van der Waals surface area (Å²) in [6, 6.07) is 20.9. The number of thioether (sulfide) groups is 1. The summed E-state index contributed by atoms with van der Waals surface area (Å²) < 4.78 is 8.06. The largest absolute Gasteiger partial charge is 0.379 e. The van der Waals surface area contributed by atoms with Crippen LogP contribution in [0.15, 0.2) is 65.6 Å². The number of aromatic nitrogens is 1. The van der Waals surface area contributed by atoms with E-state index in [0.29, 0.717) is 13.2 Å². The maximum Gasteiger partial charge on any atom is 0.0660 e. The Balaban J connectivity index is 1.80. The van der Waals surface area contributed by atoms with E-state index >= 15 is 0 Å². The molecule has 3 rings (SSSR count). The molecule has 0 aliphatic heterocycles. The minimum atomic E-state index is -0.222. The van der Waals surface area contributed by atoms with Gasteiger partial charge in [0.05, 0.1) is 18.3 Å². The standard InChI is InChI=1S/C23H29N3O3S2/c1-17-21(22(24)16-28-13-6-14-31-25-29-27)15-23(18-9-11-20(30-2)12-10-18)26(17)19-7-4-3-5-8-19/h3-5,7-12,15,22,25,27H,6,13-14,16,24H2,1-2H3. The molecule has 0 spiro atoms. The molecule has 0 aliphatic carbocycles. The molecule has 8 heteroatoms. The molecule has 6 nitrogen and oxygen atoms in total. The highest BCUT2D eigenvalue weighted by atomic mass is 32.2. The van der Waals surface area contributed by atoms with Gasteiger partial charge in [0.2, 0.25) is 0 Å². The third-order valence-corrected chi connectivity index (χ3v) is 6.44. The van der Waals surface area contributed by atoms with Crippen LogP contribution in [0.1, 0.15) is 23.7 Å². The van der Waals surface area contributed by atoms with Crippen molar-refractivity contribution in [1.82, 2.24) is 9.45 Å². The summed E-state index contributed by atoms with van der Waals surface area (Å²) in [7, 11) is 0. The fourth-order valence-electron chi connectivity index (χ4n) is 3.49. The van der Waals surface area contributed by atoms with E-state index in [1.54, 1.807) is 11.8 Å². The number of para-hydroxylation sites is 1. The quantitative estimate of drug-likeness (QED) is 0.113. The molecule has 0 bridgehead atoms. The molecule has 0 fully saturated rings. The zero-order chi connectivity index (χ0) is 22.1. The van der Waals surface area contributed by atoms with Crippen molar-refractivity contribution in [2.45, 2.75) is 24.3 Å². The predicted molar refractivity (Wildman–Crippen MR) is 129 cm³/mol. The van der Waals surface area contributed by atoms with Gasteiger partial charge in [-0.15, -0.1) is 21.6 Å². The lowest BCUT2D eigenvalue weighted by atomic mass is 10.1. The molecule has 31 heavy (non-hydrogen) atoms. The Morgan fingerprint density at radius 2 is 1.87 bits per heavy atom. The molecule has 2 aromatic carbocycles. The molecule has 0 aliphatic rings. The molecule has 1 aromatic heterocycles. The molecule has 0 radical (unpaired) electrons. The van der Waals surface area contributed by atoms with Gasteiger partial charge >= 0.3 is 0 Å². The third kappa shape index (κ3) is 6.36. The number of hydrogen-bond donors (Lipinski definition) is 3. The van der Waals surface area contributed by atoms with Crippen molar-refractivity contribution in [3.63, 3.8) is 0 Å². The van der Waals surface area contributed by atoms with E-state index < -0.39 is 0 Å². The number of nitrogens with zero attached hydrogens (tertiary/aromatic N) is 1. The van der Waals surface area contributed by atoms with Crippen LogP contribution >= 0.6 is 23.7 Å². The lowest BCUT2D eigenvalue weighted by molar-refractivity contribution is -0.266. The lowest BCUT2D eigenvalue weighted by Crippen LogP contribution is -2.18. The Labute approximate surface area is 192 Å². The highest BCUT2D eigenvalue weighted by Gasteiger charge is 2.19. The Bertz CT molecular complexity index is 933. The van der Waals surface area contributed by atoms with Crippen LogP contribution in [0.3, 0.4) is 0 Å². The zero-order valence-electron chi connectivity index (χ0n) is 17.8. The molecule has 1 atom stereocenters. The number of hydrogen-bond acceptors (Lipinski definition) is 7. The van der Waals surface area contributed by atoms with Crippen molar-refractivity contribution in [3.05, 3.63) is 71.9 Å². The first-order chi connectivity index (χ1) is 15.2. The van der Waals surface area contributed by atoms with Gasteiger partial charge in [0.25, 0.3) is 0 Å². The summed E-state index contributed by atoms with van der Waals surface area (Å²) >= 11 is 3.01. The van der Waals surface area contributed by atoms with E-state index in [1.807, 2.05) is 18.2 Å². The second-order valence-electron chi connectivity index (χ2n) is 7.03. The number of nitrogens with one attached hydrogen (secondary N) is 1. The van der Waals surface area contributed by atoms with Crippen LogP contribution in [0.5, 0.6) is 0 Å². The van der Waals surface area contributed by atoms with E-state index in [4.69, 9.17) is 15.7 Å². The molecule has 0 saturated heterocycles.